The number of hydrogen-bond donors (Lipinski definition) is 1. The van der Waals surface area contributed by atoms with E-state index in [0.29, 0.717) is 24.4 Å². The number of benzene rings is 2. The quantitative estimate of drug-likeness (QED) is 0.750. The van der Waals surface area contributed by atoms with Crippen molar-refractivity contribution in [2.24, 2.45) is 0 Å². The molecule has 0 aromatic heterocycles. The van der Waals surface area contributed by atoms with Crippen molar-refractivity contribution in [3.05, 3.63) is 71.0 Å². The lowest BCUT2D eigenvalue weighted by Gasteiger charge is -2.32. The fourth-order valence-corrected chi connectivity index (χ4v) is 4.46. The minimum Gasteiger partial charge on any atom is -0.338 e. The van der Waals surface area contributed by atoms with Crippen LogP contribution in [0.25, 0.3) is 6.08 Å². The van der Waals surface area contributed by atoms with Crippen LogP contribution in [-0.2, 0) is 14.8 Å². The normalized spacial score (nSPS) is 17.8. The van der Waals surface area contributed by atoms with Crippen molar-refractivity contribution < 1.29 is 17.6 Å². The molecular formula is C20H20ClFN2O3S. The maximum Gasteiger partial charge on any atom is 0.246 e. The summed E-state index contributed by atoms with van der Waals surface area (Å²) in [6.45, 7) is 0.820. The second-order valence-corrected chi connectivity index (χ2v) is 8.74. The molecular weight excluding hydrogens is 403 g/mol. The number of halogens is 2. The van der Waals surface area contributed by atoms with E-state index in [4.69, 9.17) is 11.6 Å². The Kier molecular flexibility index (Phi) is 6.49. The highest BCUT2D eigenvalue weighted by Gasteiger charge is 2.27. The summed E-state index contributed by atoms with van der Waals surface area (Å²) >= 11 is 5.84. The summed E-state index contributed by atoms with van der Waals surface area (Å²) in [5, 5.41) is 0.618. The predicted molar refractivity (Wildman–Crippen MR) is 107 cm³/mol. The van der Waals surface area contributed by atoms with Crippen LogP contribution in [0.4, 0.5) is 4.39 Å². The van der Waals surface area contributed by atoms with E-state index < -0.39 is 21.9 Å². The van der Waals surface area contributed by atoms with Gasteiger partial charge in [0.1, 0.15) is 5.82 Å². The first-order valence-corrected chi connectivity index (χ1v) is 10.7. The number of sulfonamides is 1. The van der Waals surface area contributed by atoms with Crippen molar-refractivity contribution in [3.8, 4) is 0 Å². The highest BCUT2D eigenvalue weighted by Crippen LogP contribution is 2.16. The van der Waals surface area contributed by atoms with Gasteiger partial charge in [0, 0.05) is 30.2 Å². The van der Waals surface area contributed by atoms with Crippen molar-refractivity contribution in [1.29, 1.82) is 0 Å². The third-order valence-corrected chi connectivity index (χ3v) is 6.22. The molecule has 28 heavy (non-hydrogen) atoms. The molecule has 1 heterocycles. The molecule has 0 radical (unpaired) electrons. The zero-order valence-corrected chi connectivity index (χ0v) is 16.6. The molecule has 1 fully saturated rings. The number of nitrogens with zero attached hydrogens (tertiary/aromatic N) is 1. The Morgan fingerprint density at radius 3 is 2.68 bits per heavy atom. The van der Waals surface area contributed by atoms with Gasteiger partial charge < -0.3 is 4.90 Å². The summed E-state index contributed by atoms with van der Waals surface area (Å²) in [5.74, 6) is -0.805. The molecule has 8 heteroatoms. The number of hydrogen-bond acceptors (Lipinski definition) is 3. The molecule has 2 aromatic rings. The zero-order valence-electron chi connectivity index (χ0n) is 15.0. The standard InChI is InChI=1S/C20H20ClFN2O3S/c21-16-9-6-15(7-10-16)8-11-20(25)24-12-2-4-18(14-24)23-28(26,27)19-5-1-3-17(22)13-19/h1,3,5-11,13,18,23H,2,4,12,14H2. The lowest BCUT2D eigenvalue weighted by Crippen LogP contribution is -2.49. The summed E-state index contributed by atoms with van der Waals surface area (Å²) in [6.07, 6.45) is 4.45. The Labute approximate surface area is 168 Å². The lowest BCUT2D eigenvalue weighted by atomic mass is 10.1. The number of amides is 1. The SMILES string of the molecule is O=C(C=Cc1ccc(Cl)cc1)N1CCCC(NS(=O)(=O)c2cccc(F)c2)C1. The van der Waals surface area contributed by atoms with Crippen LogP contribution in [0.5, 0.6) is 0 Å². The van der Waals surface area contributed by atoms with Crippen molar-refractivity contribution in [2.45, 2.75) is 23.8 Å². The van der Waals surface area contributed by atoms with Crippen molar-refractivity contribution in [2.75, 3.05) is 13.1 Å². The molecule has 1 unspecified atom stereocenters. The van der Waals surface area contributed by atoms with Gasteiger partial charge in [-0.15, -0.1) is 0 Å². The molecule has 1 atom stereocenters. The van der Waals surface area contributed by atoms with E-state index in [-0.39, 0.29) is 17.3 Å². The Bertz CT molecular complexity index is 977. The van der Waals surface area contributed by atoms with Gasteiger partial charge in [0.15, 0.2) is 0 Å². The van der Waals surface area contributed by atoms with Crippen molar-refractivity contribution >= 4 is 33.6 Å². The van der Waals surface area contributed by atoms with Crippen molar-refractivity contribution in [1.82, 2.24) is 9.62 Å². The third-order valence-electron chi connectivity index (χ3n) is 4.45. The topological polar surface area (TPSA) is 66.5 Å². The fraction of sp³-hybridized carbons (Fsp3) is 0.250. The van der Waals surface area contributed by atoms with Crippen LogP contribution in [0, 0.1) is 5.82 Å². The van der Waals surface area contributed by atoms with E-state index in [1.807, 2.05) is 0 Å². The summed E-state index contributed by atoms with van der Waals surface area (Å²) in [4.78, 5) is 13.9. The Hall–Kier alpha value is -2.22. The van der Waals surface area contributed by atoms with Crippen LogP contribution in [0.1, 0.15) is 18.4 Å². The fourth-order valence-electron chi connectivity index (χ4n) is 3.04. The molecule has 3 rings (SSSR count). The average molecular weight is 423 g/mol. The first kappa shape index (κ1) is 20.5. The number of rotatable bonds is 5. The predicted octanol–water partition coefficient (Wildman–Crippen LogP) is 3.46. The number of carbonyl (C=O) groups excluding carboxylic acids is 1. The number of piperidine rings is 1. The molecule has 0 spiro atoms. The van der Waals surface area contributed by atoms with Gasteiger partial charge in [0.05, 0.1) is 4.90 Å². The van der Waals surface area contributed by atoms with Gasteiger partial charge in [0.2, 0.25) is 15.9 Å². The van der Waals surface area contributed by atoms with Crippen LogP contribution in [0.15, 0.2) is 59.5 Å². The Morgan fingerprint density at radius 2 is 1.96 bits per heavy atom. The third kappa shape index (κ3) is 5.41. The van der Waals surface area contributed by atoms with Gasteiger partial charge in [-0.05, 0) is 54.8 Å². The maximum absolute atomic E-state index is 13.3. The molecule has 0 saturated carbocycles. The zero-order chi connectivity index (χ0) is 20.1. The summed E-state index contributed by atoms with van der Waals surface area (Å²) < 4.78 is 40.8. The first-order valence-electron chi connectivity index (χ1n) is 8.84. The summed E-state index contributed by atoms with van der Waals surface area (Å²) in [5.41, 5.74) is 0.845. The maximum atomic E-state index is 13.3. The molecule has 148 valence electrons. The minimum absolute atomic E-state index is 0.126. The molecule has 0 aliphatic carbocycles. The van der Waals surface area contributed by atoms with Crippen LogP contribution in [-0.4, -0.2) is 38.4 Å². The highest BCUT2D eigenvalue weighted by molar-refractivity contribution is 7.89. The lowest BCUT2D eigenvalue weighted by molar-refractivity contribution is -0.127. The number of carbonyl (C=O) groups is 1. The summed E-state index contributed by atoms with van der Waals surface area (Å²) in [7, 11) is -3.85. The second-order valence-electron chi connectivity index (χ2n) is 6.59. The van der Waals surface area contributed by atoms with Crippen molar-refractivity contribution in [3.63, 3.8) is 0 Å². The van der Waals surface area contributed by atoms with Gasteiger partial charge in [-0.25, -0.2) is 17.5 Å². The monoisotopic (exact) mass is 422 g/mol. The van der Waals surface area contributed by atoms with Gasteiger partial charge in [-0.3, -0.25) is 4.79 Å². The summed E-state index contributed by atoms with van der Waals surface area (Å²) in [6, 6.07) is 11.5. The smallest absolute Gasteiger partial charge is 0.246 e. The van der Waals surface area contributed by atoms with Crippen LogP contribution >= 0.6 is 11.6 Å². The van der Waals surface area contributed by atoms with Crippen LogP contribution < -0.4 is 4.72 Å². The second kappa shape index (κ2) is 8.86. The van der Waals surface area contributed by atoms with Crippen LogP contribution in [0.2, 0.25) is 5.02 Å². The van der Waals surface area contributed by atoms with Gasteiger partial charge in [-0.2, -0.15) is 0 Å². The van der Waals surface area contributed by atoms with Gasteiger partial charge in [-0.1, -0.05) is 29.8 Å². The number of nitrogens with one attached hydrogen (secondary N) is 1. The molecule has 1 aliphatic heterocycles. The molecule has 0 bridgehead atoms. The molecule has 1 saturated heterocycles. The molecule has 5 nitrogen and oxygen atoms in total. The largest absolute Gasteiger partial charge is 0.338 e. The molecule has 1 amide bonds. The first-order chi connectivity index (χ1) is 13.3. The van der Waals surface area contributed by atoms with E-state index in [1.54, 1.807) is 35.2 Å². The van der Waals surface area contributed by atoms with E-state index >= 15 is 0 Å². The Morgan fingerprint density at radius 1 is 1.21 bits per heavy atom. The van der Waals surface area contributed by atoms with E-state index in [9.17, 15) is 17.6 Å². The molecule has 1 N–H and O–H groups in total. The minimum atomic E-state index is -3.85. The van der Waals surface area contributed by atoms with Crippen LogP contribution in [0.3, 0.4) is 0 Å². The van der Waals surface area contributed by atoms with Gasteiger partial charge in [0.25, 0.3) is 0 Å². The highest BCUT2D eigenvalue weighted by atomic mass is 35.5. The van der Waals surface area contributed by atoms with Gasteiger partial charge >= 0.3 is 0 Å². The Balaban J connectivity index is 1.63. The average Bonchev–Trinajstić information content (AvgIpc) is 2.67. The number of likely N-dealkylation sites (tertiary alicyclic amines) is 1. The van der Waals surface area contributed by atoms with E-state index in [0.717, 1.165) is 11.6 Å². The van der Waals surface area contributed by atoms with E-state index in [1.165, 1.54) is 24.3 Å². The molecule has 1 aliphatic rings. The molecule has 2 aromatic carbocycles. The van der Waals surface area contributed by atoms with E-state index in [2.05, 4.69) is 4.72 Å².